The normalized spacial score (nSPS) is 15.7. The van der Waals surface area contributed by atoms with Gasteiger partial charge < -0.3 is 24.4 Å². The Morgan fingerprint density at radius 2 is 1.76 bits per heavy atom. The Morgan fingerprint density at radius 3 is 2.32 bits per heavy atom. The summed E-state index contributed by atoms with van der Waals surface area (Å²) in [6.45, 7) is 10.9. The predicted molar refractivity (Wildman–Crippen MR) is 153 cm³/mol. The van der Waals surface area contributed by atoms with Gasteiger partial charge >= 0.3 is 6.09 Å². The van der Waals surface area contributed by atoms with E-state index in [4.69, 9.17) is 4.74 Å². The van der Waals surface area contributed by atoms with Crippen LogP contribution in [0.5, 0.6) is 0 Å². The predicted octanol–water partition coefficient (Wildman–Crippen LogP) is 5.20. The molecule has 1 atom stereocenters. The number of ether oxygens (including phenoxy) is 1. The van der Waals surface area contributed by atoms with Crippen LogP contribution in [0.4, 0.5) is 25.0 Å². The number of benzene rings is 2. The largest absolute Gasteiger partial charge is 0.444 e. The zero-order chi connectivity index (χ0) is 30.2. The fourth-order valence-corrected chi connectivity index (χ4v) is 4.92. The zero-order valence-electron chi connectivity index (χ0n) is 24.0. The number of nitrogens with one attached hydrogen (secondary N) is 1. The van der Waals surface area contributed by atoms with Crippen molar-refractivity contribution in [3.05, 3.63) is 69.5 Å². The lowest BCUT2D eigenvalue weighted by Crippen LogP contribution is -2.55. The smallest absolute Gasteiger partial charge is 0.410 e. The second kappa shape index (κ2) is 11.3. The molecule has 4 rings (SSSR count). The zero-order valence-corrected chi connectivity index (χ0v) is 24.0. The third kappa shape index (κ3) is 6.08. The Morgan fingerprint density at radius 1 is 1.10 bits per heavy atom. The number of rotatable bonds is 5. The van der Waals surface area contributed by atoms with Crippen LogP contribution in [0.2, 0.25) is 0 Å². The number of hydrogen-bond acceptors (Lipinski definition) is 6. The summed E-state index contributed by atoms with van der Waals surface area (Å²) >= 11 is 0. The van der Waals surface area contributed by atoms with Crippen molar-refractivity contribution in [3.8, 4) is 0 Å². The van der Waals surface area contributed by atoms with Crippen LogP contribution in [0.25, 0.3) is 10.9 Å². The molecule has 9 nitrogen and oxygen atoms in total. The van der Waals surface area contributed by atoms with Gasteiger partial charge in [-0.25, -0.2) is 13.6 Å². The van der Waals surface area contributed by atoms with E-state index in [-0.39, 0.29) is 54.1 Å². The highest BCUT2D eigenvalue weighted by Crippen LogP contribution is 2.32. The number of aromatic nitrogens is 1. The van der Waals surface area contributed by atoms with E-state index in [1.165, 1.54) is 39.6 Å². The molecule has 0 radical (unpaired) electrons. The minimum atomic E-state index is -0.940. The van der Waals surface area contributed by atoms with E-state index in [9.17, 15) is 19.2 Å². The third-order valence-corrected chi connectivity index (χ3v) is 6.94. The highest BCUT2D eigenvalue weighted by molar-refractivity contribution is 6.06. The molecule has 0 bridgehead atoms. The second-order valence-corrected chi connectivity index (χ2v) is 11.1. The number of ketones is 1. The van der Waals surface area contributed by atoms with E-state index in [0.29, 0.717) is 11.3 Å². The summed E-state index contributed by atoms with van der Waals surface area (Å²) < 4.78 is 38.4. The van der Waals surface area contributed by atoms with Crippen LogP contribution >= 0.6 is 0 Å². The van der Waals surface area contributed by atoms with Crippen LogP contribution in [0.3, 0.4) is 0 Å². The Balaban J connectivity index is 1.67. The molecule has 2 amide bonds. The average Bonchev–Trinajstić information content (AvgIpc) is 2.88. The number of anilines is 2. The summed E-state index contributed by atoms with van der Waals surface area (Å²) in [4.78, 5) is 53.5. The van der Waals surface area contributed by atoms with E-state index in [2.05, 4.69) is 5.32 Å². The van der Waals surface area contributed by atoms with E-state index >= 15 is 8.78 Å². The van der Waals surface area contributed by atoms with Crippen molar-refractivity contribution in [1.82, 2.24) is 9.47 Å². The van der Waals surface area contributed by atoms with Gasteiger partial charge in [0.15, 0.2) is 11.6 Å². The molecule has 1 aromatic heterocycles. The van der Waals surface area contributed by atoms with Gasteiger partial charge in [0.25, 0.3) is 5.91 Å². The van der Waals surface area contributed by atoms with Crippen LogP contribution in [-0.2, 0) is 11.3 Å². The lowest BCUT2D eigenvalue weighted by atomic mass is 10.1. The number of piperazine rings is 1. The van der Waals surface area contributed by atoms with Crippen LogP contribution in [-0.4, -0.2) is 58.5 Å². The lowest BCUT2D eigenvalue weighted by molar-refractivity contribution is 0.0158. The summed E-state index contributed by atoms with van der Waals surface area (Å²) in [5.41, 5.74) is -1.35. The third-order valence-electron chi connectivity index (χ3n) is 6.94. The number of aryl methyl sites for hydroxylation is 1. The molecular formula is C30H34F2N4O5. The molecule has 3 aromatic rings. The molecule has 1 saturated heterocycles. The number of amides is 2. The number of hydrogen-bond donors (Lipinski definition) is 1. The van der Waals surface area contributed by atoms with Crippen molar-refractivity contribution in [2.45, 2.75) is 59.7 Å². The number of Topliss-reactive ketones (excluding diaryl/α,β-unsaturated/α-hetero) is 1. The maximum absolute atomic E-state index is 16.1. The van der Waals surface area contributed by atoms with Crippen molar-refractivity contribution in [1.29, 1.82) is 0 Å². The Hall–Kier alpha value is -4.28. The standard InChI is InChI=1S/C30H34F2N4O5/c1-7-34-16-22(28(39)33-20-10-8-19(9-11-20)18(3)37)27(38)21-14-23(31)26(24(32)25(21)34)35-12-13-36(17(2)15-35)29(40)41-30(4,5)6/h8-11,14,16-17H,7,12-13,15H2,1-6H3,(H,33,39). The number of pyridine rings is 1. The maximum Gasteiger partial charge on any atom is 0.410 e. The second-order valence-electron chi connectivity index (χ2n) is 11.1. The minimum absolute atomic E-state index is 0.113. The summed E-state index contributed by atoms with van der Waals surface area (Å²) in [6.07, 6.45) is 0.766. The average molecular weight is 569 g/mol. The van der Waals surface area contributed by atoms with Crippen molar-refractivity contribution in [2.24, 2.45) is 0 Å². The van der Waals surface area contributed by atoms with Crippen molar-refractivity contribution in [3.63, 3.8) is 0 Å². The quantitative estimate of drug-likeness (QED) is 0.425. The fourth-order valence-electron chi connectivity index (χ4n) is 4.92. The first-order valence-corrected chi connectivity index (χ1v) is 13.4. The first kappa shape index (κ1) is 29.7. The molecule has 41 heavy (non-hydrogen) atoms. The molecule has 0 spiro atoms. The first-order chi connectivity index (χ1) is 19.2. The molecular weight excluding hydrogens is 534 g/mol. The molecule has 2 heterocycles. The summed E-state index contributed by atoms with van der Waals surface area (Å²) in [5.74, 6) is -2.73. The molecule has 1 N–H and O–H groups in total. The monoisotopic (exact) mass is 568 g/mol. The Kier molecular flexibility index (Phi) is 8.19. The number of carbonyl (C=O) groups is 3. The van der Waals surface area contributed by atoms with E-state index in [1.807, 2.05) is 0 Å². The van der Waals surface area contributed by atoms with Gasteiger partial charge in [0, 0.05) is 49.7 Å². The molecule has 1 aliphatic heterocycles. The van der Waals surface area contributed by atoms with Crippen molar-refractivity contribution in [2.75, 3.05) is 29.9 Å². The number of carbonyl (C=O) groups excluding carboxylic acids is 3. The Labute approximate surface area is 236 Å². The maximum atomic E-state index is 16.1. The van der Waals surface area contributed by atoms with Gasteiger partial charge in [0.05, 0.1) is 10.9 Å². The molecule has 0 saturated carbocycles. The van der Waals surface area contributed by atoms with Crippen LogP contribution in [0.15, 0.2) is 41.3 Å². The molecule has 1 aliphatic rings. The first-order valence-electron chi connectivity index (χ1n) is 13.4. The van der Waals surface area contributed by atoms with Crippen molar-refractivity contribution < 1.29 is 27.9 Å². The molecule has 0 aliphatic carbocycles. The van der Waals surface area contributed by atoms with E-state index < -0.39 is 40.7 Å². The van der Waals surface area contributed by atoms with Crippen LogP contribution < -0.4 is 15.6 Å². The highest BCUT2D eigenvalue weighted by atomic mass is 19.1. The summed E-state index contributed by atoms with van der Waals surface area (Å²) in [6, 6.07) is 6.72. The Bertz CT molecular complexity index is 1580. The van der Waals surface area contributed by atoms with Gasteiger partial charge in [0.1, 0.15) is 22.7 Å². The molecule has 218 valence electrons. The molecule has 2 aromatic carbocycles. The van der Waals surface area contributed by atoms with Gasteiger partial charge in [-0.1, -0.05) is 0 Å². The molecule has 1 fully saturated rings. The summed E-state index contributed by atoms with van der Waals surface area (Å²) in [7, 11) is 0. The van der Waals surface area contributed by atoms with E-state index in [1.54, 1.807) is 46.8 Å². The summed E-state index contributed by atoms with van der Waals surface area (Å²) in [5, 5.41) is 2.35. The lowest BCUT2D eigenvalue weighted by Gasteiger charge is -2.41. The topological polar surface area (TPSA) is 101 Å². The number of halogens is 2. The number of fused-ring (bicyclic) bond motifs is 1. The highest BCUT2D eigenvalue weighted by Gasteiger charge is 2.34. The van der Waals surface area contributed by atoms with Gasteiger partial charge in [-0.2, -0.15) is 0 Å². The van der Waals surface area contributed by atoms with Gasteiger partial charge in [-0.05, 0) is 71.9 Å². The van der Waals surface area contributed by atoms with Crippen molar-refractivity contribution >= 4 is 40.1 Å². The van der Waals surface area contributed by atoms with Gasteiger partial charge in [-0.15, -0.1) is 0 Å². The molecule has 11 heteroatoms. The van der Waals surface area contributed by atoms with Gasteiger partial charge in [-0.3, -0.25) is 14.4 Å². The SMILES string of the molecule is CCn1cc(C(=O)Nc2ccc(C(C)=O)cc2)c(=O)c2cc(F)c(N3CCN(C(=O)OC(C)(C)C)C(C)C3)c(F)c21. The minimum Gasteiger partial charge on any atom is -0.444 e. The van der Waals surface area contributed by atoms with Gasteiger partial charge in [0.2, 0.25) is 5.43 Å². The molecule has 1 unspecified atom stereocenters. The van der Waals surface area contributed by atoms with Crippen LogP contribution in [0.1, 0.15) is 62.3 Å². The van der Waals surface area contributed by atoms with Crippen LogP contribution in [0, 0.1) is 11.6 Å². The van der Waals surface area contributed by atoms with E-state index in [0.717, 1.165) is 6.07 Å². The fraction of sp³-hybridized carbons (Fsp3) is 0.400. The number of nitrogens with zero attached hydrogens (tertiary/aromatic N) is 3.